The standard InChI is InChI=1S/C32H48N2O7S/c1-26(36)41-32-16-15-28(23-29(32)25-35)31(37)24-33-17-6-2-3-9-20-40-21-10-5-12-27-13-11-14-30(22-27)42(38,39)34-18-7-4-8-19-34/h11,13-16,22-23,31,33,35,37H,2-10,12,17-21,24-25H2,1H3/t31-/m0/s1. The molecule has 1 aliphatic rings. The molecule has 0 saturated carbocycles. The molecule has 0 unspecified atom stereocenters. The average molecular weight is 605 g/mol. The van der Waals surface area contributed by atoms with Crippen molar-refractivity contribution in [2.45, 2.75) is 88.7 Å². The Balaban J connectivity index is 1.19. The monoisotopic (exact) mass is 604 g/mol. The lowest BCUT2D eigenvalue weighted by molar-refractivity contribution is -0.131. The first kappa shape index (κ1) is 34.2. The summed E-state index contributed by atoms with van der Waals surface area (Å²) in [5, 5.41) is 23.2. The van der Waals surface area contributed by atoms with Gasteiger partial charge in [0.1, 0.15) is 5.75 Å². The summed E-state index contributed by atoms with van der Waals surface area (Å²) in [6.07, 6.45) is 9.19. The highest BCUT2D eigenvalue weighted by atomic mass is 32.2. The van der Waals surface area contributed by atoms with Crippen molar-refractivity contribution in [2.24, 2.45) is 0 Å². The third-order valence-corrected chi connectivity index (χ3v) is 9.37. The second-order valence-electron chi connectivity index (χ2n) is 10.9. The van der Waals surface area contributed by atoms with Gasteiger partial charge in [0.05, 0.1) is 17.6 Å². The van der Waals surface area contributed by atoms with Crippen LogP contribution in [0.4, 0.5) is 0 Å². The van der Waals surface area contributed by atoms with Gasteiger partial charge in [0, 0.05) is 45.3 Å². The Labute approximate surface area is 251 Å². The number of ether oxygens (including phenoxy) is 2. The normalized spacial score (nSPS) is 15.0. The van der Waals surface area contributed by atoms with Crippen molar-refractivity contribution >= 4 is 16.0 Å². The predicted molar refractivity (Wildman–Crippen MR) is 163 cm³/mol. The number of piperidine rings is 1. The minimum Gasteiger partial charge on any atom is -0.426 e. The minimum absolute atomic E-state index is 0.276. The largest absolute Gasteiger partial charge is 0.426 e. The molecule has 1 atom stereocenters. The molecule has 0 spiro atoms. The molecule has 234 valence electrons. The van der Waals surface area contributed by atoms with E-state index in [0.717, 1.165) is 82.9 Å². The van der Waals surface area contributed by atoms with Crippen molar-refractivity contribution in [1.29, 1.82) is 0 Å². The number of hydrogen-bond donors (Lipinski definition) is 3. The Morgan fingerprint density at radius 1 is 0.976 bits per heavy atom. The van der Waals surface area contributed by atoms with E-state index in [4.69, 9.17) is 9.47 Å². The molecule has 1 heterocycles. The highest BCUT2D eigenvalue weighted by Crippen LogP contribution is 2.24. The summed E-state index contributed by atoms with van der Waals surface area (Å²) in [6, 6.07) is 12.3. The number of carbonyl (C=O) groups excluding carboxylic acids is 1. The number of rotatable bonds is 19. The summed E-state index contributed by atoms with van der Waals surface area (Å²) >= 11 is 0. The second-order valence-corrected chi connectivity index (χ2v) is 12.9. The third kappa shape index (κ3) is 11.4. The average Bonchev–Trinajstić information content (AvgIpc) is 2.99. The number of esters is 1. The number of aryl methyl sites for hydroxylation is 1. The summed E-state index contributed by atoms with van der Waals surface area (Å²) in [5.41, 5.74) is 2.19. The molecule has 0 aromatic heterocycles. The molecule has 42 heavy (non-hydrogen) atoms. The van der Waals surface area contributed by atoms with Gasteiger partial charge in [-0.15, -0.1) is 0 Å². The van der Waals surface area contributed by atoms with Crippen molar-refractivity contribution in [3.05, 3.63) is 59.2 Å². The topological polar surface area (TPSA) is 125 Å². The van der Waals surface area contributed by atoms with Gasteiger partial charge in [0.25, 0.3) is 0 Å². The lowest BCUT2D eigenvalue weighted by Gasteiger charge is -2.26. The number of benzene rings is 2. The van der Waals surface area contributed by atoms with Crippen molar-refractivity contribution < 1.29 is 32.9 Å². The lowest BCUT2D eigenvalue weighted by Crippen LogP contribution is -2.35. The zero-order valence-corrected chi connectivity index (χ0v) is 25.7. The third-order valence-electron chi connectivity index (χ3n) is 7.48. The fraction of sp³-hybridized carbons (Fsp3) is 0.594. The number of nitrogens with zero attached hydrogens (tertiary/aromatic N) is 1. The number of carbonyl (C=O) groups is 1. The molecule has 0 radical (unpaired) electrons. The predicted octanol–water partition coefficient (Wildman–Crippen LogP) is 4.50. The number of nitrogens with one attached hydrogen (secondary N) is 1. The van der Waals surface area contributed by atoms with Gasteiger partial charge in [-0.3, -0.25) is 4.79 Å². The Bertz CT molecular complexity index is 1200. The fourth-order valence-corrected chi connectivity index (χ4v) is 6.69. The molecule has 1 fully saturated rings. The van der Waals surface area contributed by atoms with Crippen LogP contribution in [0.25, 0.3) is 0 Å². The van der Waals surface area contributed by atoms with Gasteiger partial charge in [-0.1, -0.05) is 37.5 Å². The van der Waals surface area contributed by atoms with E-state index in [-0.39, 0.29) is 6.61 Å². The van der Waals surface area contributed by atoms with E-state index in [0.29, 0.717) is 48.0 Å². The van der Waals surface area contributed by atoms with E-state index in [1.807, 2.05) is 18.2 Å². The maximum Gasteiger partial charge on any atom is 0.308 e. The van der Waals surface area contributed by atoms with E-state index in [2.05, 4.69) is 5.32 Å². The molecule has 2 aromatic rings. The molecule has 0 amide bonds. The Morgan fingerprint density at radius 2 is 1.71 bits per heavy atom. The van der Waals surface area contributed by atoms with Gasteiger partial charge in [0.2, 0.25) is 10.0 Å². The highest BCUT2D eigenvalue weighted by molar-refractivity contribution is 7.89. The van der Waals surface area contributed by atoms with Crippen LogP contribution in [0.2, 0.25) is 0 Å². The van der Waals surface area contributed by atoms with Crippen LogP contribution in [0.3, 0.4) is 0 Å². The van der Waals surface area contributed by atoms with Gasteiger partial charge < -0.3 is 25.0 Å². The van der Waals surface area contributed by atoms with Crippen LogP contribution in [-0.2, 0) is 32.6 Å². The smallest absolute Gasteiger partial charge is 0.308 e. The van der Waals surface area contributed by atoms with Gasteiger partial charge in [-0.05, 0) is 86.9 Å². The fourth-order valence-electron chi connectivity index (χ4n) is 5.10. The Morgan fingerprint density at radius 3 is 2.45 bits per heavy atom. The lowest BCUT2D eigenvalue weighted by atomic mass is 10.1. The van der Waals surface area contributed by atoms with Gasteiger partial charge in [0.15, 0.2) is 0 Å². The van der Waals surface area contributed by atoms with Crippen LogP contribution in [0.5, 0.6) is 5.75 Å². The molecule has 9 nitrogen and oxygen atoms in total. The Hall–Kier alpha value is -2.34. The number of aliphatic hydroxyl groups excluding tert-OH is 2. The summed E-state index contributed by atoms with van der Waals surface area (Å²) in [7, 11) is -3.39. The SMILES string of the molecule is CC(=O)Oc1ccc([C@@H](O)CNCCCCCCOCCCCc2cccc(S(=O)(=O)N3CCCCC3)c2)cc1CO. The molecular formula is C32H48N2O7S. The van der Waals surface area contributed by atoms with E-state index >= 15 is 0 Å². The number of hydrogen-bond acceptors (Lipinski definition) is 8. The molecule has 2 aromatic carbocycles. The number of sulfonamides is 1. The molecule has 10 heteroatoms. The maximum atomic E-state index is 12.9. The number of unbranched alkanes of at least 4 members (excludes halogenated alkanes) is 4. The zero-order chi connectivity index (χ0) is 30.2. The summed E-state index contributed by atoms with van der Waals surface area (Å²) in [6.45, 7) is 4.93. The molecule has 1 aliphatic heterocycles. The van der Waals surface area contributed by atoms with Crippen molar-refractivity contribution in [3.63, 3.8) is 0 Å². The van der Waals surface area contributed by atoms with E-state index in [9.17, 15) is 23.4 Å². The summed E-state index contributed by atoms with van der Waals surface area (Å²) in [5.74, 6) is -0.147. The molecule has 1 saturated heterocycles. The van der Waals surface area contributed by atoms with Crippen molar-refractivity contribution in [2.75, 3.05) is 39.4 Å². The second kappa shape index (κ2) is 18.4. The van der Waals surface area contributed by atoms with E-state index in [1.165, 1.54) is 6.92 Å². The van der Waals surface area contributed by atoms with Gasteiger partial charge in [-0.2, -0.15) is 4.31 Å². The first-order chi connectivity index (χ1) is 20.3. The summed E-state index contributed by atoms with van der Waals surface area (Å²) in [4.78, 5) is 11.6. The van der Waals surface area contributed by atoms with Crippen LogP contribution in [0, 0.1) is 0 Å². The van der Waals surface area contributed by atoms with Crippen LogP contribution in [-0.4, -0.2) is 68.3 Å². The van der Waals surface area contributed by atoms with Crippen molar-refractivity contribution in [1.82, 2.24) is 9.62 Å². The number of aliphatic hydroxyl groups is 2. The first-order valence-corrected chi connectivity index (χ1v) is 16.7. The zero-order valence-electron chi connectivity index (χ0n) is 24.9. The Kier molecular flexibility index (Phi) is 14.9. The van der Waals surface area contributed by atoms with Crippen LogP contribution in [0.15, 0.2) is 47.4 Å². The quantitative estimate of drug-likeness (QED) is 0.122. The molecule has 0 bridgehead atoms. The van der Waals surface area contributed by atoms with Crippen LogP contribution >= 0.6 is 0 Å². The first-order valence-electron chi connectivity index (χ1n) is 15.3. The summed E-state index contributed by atoms with van der Waals surface area (Å²) < 4.78 is 38.3. The van der Waals surface area contributed by atoms with Gasteiger partial charge >= 0.3 is 5.97 Å². The van der Waals surface area contributed by atoms with Crippen LogP contribution in [0.1, 0.15) is 87.5 Å². The molecular weight excluding hydrogens is 556 g/mol. The van der Waals surface area contributed by atoms with E-state index in [1.54, 1.807) is 28.6 Å². The minimum atomic E-state index is -3.39. The van der Waals surface area contributed by atoms with E-state index < -0.39 is 22.1 Å². The molecule has 3 rings (SSSR count). The van der Waals surface area contributed by atoms with Crippen molar-refractivity contribution in [3.8, 4) is 5.75 Å². The molecule has 0 aliphatic carbocycles. The highest BCUT2D eigenvalue weighted by Gasteiger charge is 2.25. The maximum absolute atomic E-state index is 12.9. The van der Waals surface area contributed by atoms with Gasteiger partial charge in [-0.25, -0.2) is 8.42 Å². The van der Waals surface area contributed by atoms with Crippen LogP contribution < -0.4 is 10.1 Å². The molecule has 3 N–H and O–H groups in total.